The Morgan fingerprint density at radius 3 is 2.42 bits per heavy atom. The van der Waals surface area contributed by atoms with Gasteiger partial charge >= 0.3 is 16.4 Å². The molecule has 1 amide bonds. The van der Waals surface area contributed by atoms with Gasteiger partial charge in [0.2, 0.25) is 0 Å². The third-order valence-electron chi connectivity index (χ3n) is 8.17. The van der Waals surface area contributed by atoms with Crippen LogP contribution in [0, 0.1) is 11.3 Å². The highest BCUT2D eigenvalue weighted by Crippen LogP contribution is 2.40. The number of rotatable bonds is 18. The van der Waals surface area contributed by atoms with Crippen molar-refractivity contribution in [2.24, 2.45) is 22.5 Å². The van der Waals surface area contributed by atoms with Gasteiger partial charge < -0.3 is 41.7 Å². The monoisotopic (exact) mass is 739 g/mol. The van der Waals surface area contributed by atoms with Crippen LogP contribution in [0.3, 0.4) is 0 Å². The van der Waals surface area contributed by atoms with E-state index in [4.69, 9.17) is 36.7 Å². The number of ketones is 1. The molecule has 1 saturated heterocycles. The number of carboxylic acid groups (broad SMARTS) is 1. The predicted molar refractivity (Wildman–Crippen MR) is 180 cm³/mol. The van der Waals surface area contributed by atoms with E-state index < -0.39 is 64.4 Å². The zero-order valence-electron chi connectivity index (χ0n) is 27.5. The van der Waals surface area contributed by atoms with Gasteiger partial charge in [-0.15, -0.1) is 15.6 Å². The molecule has 0 radical (unpaired) electrons. The van der Waals surface area contributed by atoms with Gasteiger partial charge in [-0.05, 0) is 63.0 Å². The van der Waals surface area contributed by atoms with Crippen LogP contribution >= 0.6 is 11.3 Å². The number of Topliss-reactive ketones (excluding diaryl/α,β-unsaturated/α-hetero) is 1. The maximum absolute atomic E-state index is 13.4. The maximum Gasteiger partial charge on any atom is 0.418 e. The van der Waals surface area contributed by atoms with Crippen molar-refractivity contribution in [2.45, 2.75) is 57.8 Å². The average Bonchev–Trinajstić information content (AvgIpc) is 3.68. The zero-order valence-corrected chi connectivity index (χ0v) is 29.1. The SMILES string of the molecule is CC1(C)C(CC(=O)/C(=N\OC(COc2ccc3c(c2)CN(C(=N)N(CCCN)CCCN)C3)C(=O)O)c2csc(N)n2)C(=O)N1OS(=O)(=O)O. The van der Waals surface area contributed by atoms with Crippen molar-refractivity contribution in [3.8, 4) is 5.75 Å². The number of hydroxylamine groups is 2. The van der Waals surface area contributed by atoms with Crippen LogP contribution in [0.25, 0.3) is 0 Å². The van der Waals surface area contributed by atoms with Gasteiger partial charge in [-0.25, -0.2) is 9.78 Å². The fourth-order valence-electron chi connectivity index (χ4n) is 5.42. The fourth-order valence-corrected chi connectivity index (χ4v) is 6.42. The molecule has 50 heavy (non-hydrogen) atoms. The minimum Gasteiger partial charge on any atom is -0.489 e. The second-order valence-corrected chi connectivity index (χ2v) is 14.0. The molecule has 0 aliphatic carbocycles. The minimum atomic E-state index is -5.00. The van der Waals surface area contributed by atoms with Crippen molar-refractivity contribution in [3.05, 3.63) is 40.4 Å². The molecule has 2 unspecified atom stereocenters. The molecule has 9 N–H and O–H groups in total. The van der Waals surface area contributed by atoms with E-state index in [1.165, 1.54) is 19.2 Å². The molecular weight excluding hydrogens is 699 g/mol. The number of carbonyl (C=O) groups is 3. The molecule has 2 aliphatic heterocycles. The highest BCUT2D eigenvalue weighted by atomic mass is 32.3. The number of nitrogens with one attached hydrogen (secondary N) is 1. The van der Waals surface area contributed by atoms with Crippen LogP contribution in [-0.2, 0) is 47.0 Å². The van der Waals surface area contributed by atoms with Gasteiger partial charge in [0, 0.05) is 38.0 Å². The largest absolute Gasteiger partial charge is 0.489 e. The molecule has 2 aromatic rings. The van der Waals surface area contributed by atoms with Crippen LogP contribution in [-0.4, -0.2) is 112 Å². The molecule has 1 aromatic heterocycles. The minimum absolute atomic E-state index is 0.0310. The molecule has 2 atom stereocenters. The summed E-state index contributed by atoms with van der Waals surface area (Å²) < 4.78 is 41.4. The van der Waals surface area contributed by atoms with Crippen molar-refractivity contribution in [1.82, 2.24) is 19.8 Å². The number of hydrogen-bond acceptors (Lipinski definition) is 15. The van der Waals surface area contributed by atoms with Gasteiger partial charge in [-0.1, -0.05) is 11.2 Å². The number of nitrogens with two attached hydrogens (primary N) is 3. The van der Waals surface area contributed by atoms with E-state index in [2.05, 4.69) is 14.4 Å². The van der Waals surface area contributed by atoms with E-state index in [0.29, 0.717) is 56.0 Å². The van der Waals surface area contributed by atoms with Crippen molar-refractivity contribution in [2.75, 3.05) is 38.5 Å². The number of aliphatic carboxylic acids is 1. The van der Waals surface area contributed by atoms with Crippen LogP contribution < -0.4 is 21.9 Å². The summed E-state index contributed by atoms with van der Waals surface area (Å²) in [5.74, 6) is -3.48. The Morgan fingerprint density at radius 1 is 1.20 bits per heavy atom. The van der Waals surface area contributed by atoms with E-state index in [-0.39, 0.29) is 10.8 Å². The van der Waals surface area contributed by atoms with Gasteiger partial charge in [0.25, 0.3) is 12.0 Å². The summed E-state index contributed by atoms with van der Waals surface area (Å²) in [7, 11) is -5.00. The molecular formula is C29H41N9O10S2. The number of oxime groups is 1. The van der Waals surface area contributed by atoms with Gasteiger partial charge in [-0.2, -0.15) is 13.5 Å². The van der Waals surface area contributed by atoms with Gasteiger partial charge in [-0.3, -0.25) is 19.6 Å². The Morgan fingerprint density at radius 2 is 1.86 bits per heavy atom. The van der Waals surface area contributed by atoms with Crippen LogP contribution in [0.1, 0.15) is 49.9 Å². The lowest BCUT2D eigenvalue weighted by Crippen LogP contribution is -2.68. The number of thiazole rings is 1. The van der Waals surface area contributed by atoms with Crippen molar-refractivity contribution >= 4 is 56.2 Å². The second-order valence-electron chi connectivity index (χ2n) is 12.1. The van der Waals surface area contributed by atoms with Crippen LogP contribution in [0.2, 0.25) is 0 Å². The Labute approximate surface area is 292 Å². The predicted octanol–water partition coefficient (Wildman–Crippen LogP) is 0.159. The Balaban J connectivity index is 1.43. The van der Waals surface area contributed by atoms with E-state index >= 15 is 0 Å². The van der Waals surface area contributed by atoms with Crippen LogP contribution in [0.4, 0.5) is 5.13 Å². The zero-order chi connectivity index (χ0) is 36.8. The van der Waals surface area contributed by atoms with Crippen LogP contribution in [0.5, 0.6) is 5.75 Å². The molecule has 19 nitrogen and oxygen atoms in total. The Hall–Kier alpha value is -4.41. The molecule has 4 rings (SSSR count). The number of nitrogen functional groups attached to an aromatic ring is 1. The van der Waals surface area contributed by atoms with E-state index in [1.807, 2.05) is 15.9 Å². The number of benzene rings is 1. The lowest BCUT2D eigenvalue weighted by Gasteiger charge is -2.50. The number of amides is 1. The second kappa shape index (κ2) is 16.1. The van der Waals surface area contributed by atoms with E-state index in [0.717, 1.165) is 35.3 Å². The molecule has 274 valence electrons. The lowest BCUT2D eigenvalue weighted by atomic mass is 9.74. The van der Waals surface area contributed by atoms with Crippen molar-refractivity contribution in [3.63, 3.8) is 0 Å². The summed E-state index contributed by atoms with van der Waals surface area (Å²) >= 11 is 0.982. The summed E-state index contributed by atoms with van der Waals surface area (Å²) in [4.78, 5) is 51.3. The van der Waals surface area contributed by atoms with Crippen molar-refractivity contribution < 1.29 is 46.3 Å². The molecule has 1 fully saturated rings. The fraction of sp³-hybridized carbons (Fsp3) is 0.517. The summed E-state index contributed by atoms with van der Waals surface area (Å²) in [6.07, 6.45) is -0.706. The number of ether oxygens (including phenoxy) is 1. The molecule has 0 saturated carbocycles. The number of carbonyl (C=O) groups excluding carboxylic acids is 2. The Bertz CT molecular complexity index is 1730. The molecule has 21 heteroatoms. The first-order valence-electron chi connectivity index (χ1n) is 15.5. The van der Waals surface area contributed by atoms with Gasteiger partial charge in [0.1, 0.15) is 18.1 Å². The first-order chi connectivity index (χ1) is 23.5. The summed E-state index contributed by atoms with van der Waals surface area (Å²) in [6, 6.07) is 5.27. The maximum atomic E-state index is 13.4. The highest BCUT2D eigenvalue weighted by molar-refractivity contribution is 7.80. The third kappa shape index (κ3) is 9.22. The smallest absolute Gasteiger partial charge is 0.418 e. The van der Waals surface area contributed by atoms with Gasteiger partial charge in [0.15, 0.2) is 22.6 Å². The summed E-state index contributed by atoms with van der Waals surface area (Å²) in [5, 5.41) is 24.3. The van der Waals surface area contributed by atoms with E-state index in [1.54, 1.807) is 12.1 Å². The summed E-state index contributed by atoms with van der Waals surface area (Å²) in [6.45, 7) is 5.59. The third-order valence-corrected chi connectivity index (χ3v) is 9.18. The number of fused-ring (bicyclic) bond motifs is 1. The lowest BCUT2D eigenvalue weighted by molar-refractivity contribution is -0.228. The number of β-lactam (4-membered cyclic amide) rings is 1. The number of carboxylic acids is 1. The normalized spacial score (nSPS) is 17.6. The van der Waals surface area contributed by atoms with Crippen molar-refractivity contribution in [1.29, 1.82) is 5.41 Å². The quantitative estimate of drug-likeness (QED) is 0.0390. The number of guanidine groups is 1. The number of nitrogens with zero attached hydrogens (tertiary/aromatic N) is 5. The molecule has 0 spiro atoms. The number of hydrogen-bond donors (Lipinski definition) is 6. The first-order valence-corrected chi connectivity index (χ1v) is 17.8. The first kappa shape index (κ1) is 38.4. The molecule has 2 aliphatic rings. The van der Waals surface area contributed by atoms with Crippen LogP contribution in [0.15, 0.2) is 28.7 Å². The number of anilines is 1. The average molecular weight is 740 g/mol. The topological polar surface area (TPSA) is 290 Å². The highest BCUT2D eigenvalue weighted by Gasteiger charge is 2.57. The molecule has 3 heterocycles. The molecule has 0 bridgehead atoms. The van der Waals surface area contributed by atoms with Gasteiger partial charge in [0.05, 0.1) is 11.5 Å². The van der Waals surface area contributed by atoms with E-state index in [9.17, 15) is 27.9 Å². The standard InChI is InChI=1S/C29H41N9O10S2/c1-29(2)20(25(40)38(29)48-50(43,44)45)12-22(39)24(21-16-49-27(32)34-21)35-47-23(26(41)42)15-46-19-6-5-17-13-37(14-18(17)11-19)28(33)36(9-3-7-30)10-4-8-31/h5-6,11,16,20,23,33H,3-4,7-10,12-15,30-31H2,1-2H3,(H2,32,34)(H,41,42)(H,43,44,45)/b33-28?,35-24-. The molecule has 1 aromatic carbocycles. The summed E-state index contributed by atoms with van der Waals surface area (Å²) in [5.41, 5.74) is 17.2. The number of aromatic nitrogens is 1. The Kier molecular flexibility index (Phi) is 12.3.